The summed E-state index contributed by atoms with van der Waals surface area (Å²) in [6.45, 7) is 3.95. The first-order valence-corrected chi connectivity index (χ1v) is 8.47. The van der Waals surface area contributed by atoms with Crippen LogP contribution in [0.25, 0.3) is 10.9 Å². The lowest BCUT2D eigenvalue weighted by Crippen LogP contribution is -2.04. The van der Waals surface area contributed by atoms with Crippen molar-refractivity contribution in [3.05, 3.63) is 65.4 Å². The summed E-state index contributed by atoms with van der Waals surface area (Å²) in [4.78, 5) is 3.55. The molecule has 1 heterocycles. The number of hydrogen-bond acceptors (Lipinski definition) is 2. The van der Waals surface area contributed by atoms with Crippen LogP contribution in [0.4, 0.5) is 0 Å². The van der Waals surface area contributed by atoms with Gasteiger partial charge in [0.1, 0.15) is 0 Å². The van der Waals surface area contributed by atoms with Crippen molar-refractivity contribution in [1.29, 1.82) is 0 Å². The van der Waals surface area contributed by atoms with Gasteiger partial charge in [0.2, 0.25) is 0 Å². The minimum atomic E-state index is -3.32. The van der Waals surface area contributed by atoms with Crippen LogP contribution in [-0.2, 0) is 15.6 Å². The Labute approximate surface area is 124 Å². The predicted octanol–water partition coefficient (Wildman–Crippen LogP) is 3.76. The van der Waals surface area contributed by atoms with Crippen LogP contribution in [-0.4, -0.2) is 13.4 Å². The van der Waals surface area contributed by atoms with Gasteiger partial charge in [-0.25, -0.2) is 8.42 Å². The molecule has 0 atom stereocenters. The Balaban J connectivity index is 2.01. The molecular formula is C17H17NO2S. The molecule has 0 spiro atoms. The Morgan fingerprint density at radius 3 is 2.43 bits per heavy atom. The van der Waals surface area contributed by atoms with Gasteiger partial charge in [-0.1, -0.05) is 35.9 Å². The second kappa shape index (κ2) is 5.04. The van der Waals surface area contributed by atoms with Gasteiger partial charge in [-0.05, 0) is 37.1 Å². The Morgan fingerprint density at radius 1 is 1.00 bits per heavy atom. The molecule has 4 heteroatoms. The van der Waals surface area contributed by atoms with Crippen LogP contribution in [0, 0.1) is 13.8 Å². The number of sulfone groups is 1. The van der Waals surface area contributed by atoms with E-state index >= 15 is 0 Å². The molecule has 0 saturated carbocycles. The number of para-hydroxylation sites is 1. The molecule has 0 unspecified atom stereocenters. The van der Waals surface area contributed by atoms with E-state index in [0.29, 0.717) is 4.90 Å². The third-order valence-electron chi connectivity index (χ3n) is 3.74. The second-order valence-electron chi connectivity index (χ2n) is 5.38. The molecule has 0 aliphatic rings. The van der Waals surface area contributed by atoms with Gasteiger partial charge < -0.3 is 4.98 Å². The highest BCUT2D eigenvalue weighted by Crippen LogP contribution is 2.25. The fraction of sp³-hybridized carbons (Fsp3) is 0.176. The van der Waals surface area contributed by atoms with Crippen LogP contribution in [0.2, 0.25) is 0 Å². The molecule has 0 bridgehead atoms. The molecule has 3 rings (SSSR count). The molecule has 3 aromatic rings. The molecular weight excluding hydrogens is 282 g/mol. The normalized spacial score (nSPS) is 11.9. The Morgan fingerprint density at radius 2 is 1.71 bits per heavy atom. The Hall–Kier alpha value is -2.07. The highest BCUT2D eigenvalue weighted by Gasteiger charge is 2.17. The van der Waals surface area contributed by atoms with Crippen LogP contribution in [0.1, 0.15) is 16.7 Å². The summed E-state index contributed by atoms with van der Waals surface area (Å²) in [5.41, 5.74) is 3.99. The summed E-state index contributed by atoms with van der Waals surface area (Å²) in [6, 6.07) is 12.9. The average Bonchev–Trinajstić information content (AvgIpc) is 2.83. The van der Waals surface area contributed by atoms with Gasteiger partial charge >= 0.3 is 0 Å². The predicted molar refractivity (Wildman–Crippen MR) is 85.1 cm³/mol. The van der Waals surface area contributed by atoms with Crippen LogP contribution >= 0.6 is 0 Å². The number of hydrogen-bond donors (Lipinski definition) is 1. The molecule has 1 aromatic heterocycles. The van der Waals surface area contributed by atoms with Crippen molar-refractivity contribution >= 4 is 20.7 Å². The maximum atomic E-state index is 12.5. The lowest BCUT2D eigenvalue weighted by atomic mass is 10.1. The monoisotopic (exact) mass is 299 g/mol. The number of fused-ring (bicyclic) bond motifs is 1. The molecule has 0 aliphatic heterocycles. The molecule has 0 aliphatic carbocycles. The van der Waals surface area contributed by atoms with Crippen molar-refractivity contribution in [2.24, 2.45) is 0 Å². The van der Waals surface area contributed by atoms with E-state index in [9.17, 15) is 8.42 Å². The Bertz CT molecular complexity index is 890. The summed E-state index contributed by atoms with van der Waals surface area (Å²) >= 11 is 0. The summed E-state index contributed by atoms with van der Waals surface area (Å²) in [5, 5.41) is 0.977. The molecule has 0 fully saturated rings. The van der Waals surface area contributed by atoms with E-state index in [0.717, 1.165) is 27.6 Å². The number of aryl methyl sites for hydroxylation is 2. The van der Waals surface area contributed by atoms with E-state index in [2.05, 4.69) is 4.98 Å². The topological polar surface area (TPSA) is 49.9 Å². The summed E-state index contributed by atoms with van der Waals surface area (Å²) < 4.78 is 25.1. The van der Waals surface area contributed by atoms with Crippen molar-refractivity contribution in [1.82, 2.24) is 4.98 Å². The number of rotatable bonds is 3. The average molecular weight is 299 g/mol. The van der Waals surface area contributed by atoms with E-state index in [1.54, 1.807) is 18.3 Å². The first kappa shape index (κ1) is 13.9. The fourth-order valence-electron chi connectivity index (χ4n) is 2.52. The minimum Gasteiger partial charge on any atom is -0.361 e. The van der Waals surface area contributed by atoms with Gasteiger partial charge in [0.15, 0.2) is 9.84 Å². The second-order valence-corrected chi connectivity index (χ2v) is 7.37. The molecule has 2 aromatic carbocycles. The molecule has 1 N–H and O–H groups in total. The van der Waals surface area contributed by atoms with Gasteiger partial charge in [-0.15, -0.1) is 0 Å². The third-order valence-corrected chi connectivity index (χ3v) is 5.42. The molecule has 108 valence electrons. The fourth-order valence-corrected chi connectivity index (χ4v) is 3.88. The number of aromatic amines is 1. The first-order valence-electron chi connectivity index (χ1n) is 6.82. The standard InChI is InChI=1S/C17H17NO2S/c1-12-6-8-15(9-7-12)21(19,20)11-14-10-18-17-13(2)4-3-5-16(14)17/h3-10,18H,11H2,1-2H3. The highest BCUT2D eigenvalue weighted by molar-refractivity contribution is 7.90. The molecule has 0 radical (unpaired) electrons. The van der Waals surface area contributed by atoms with Gasteiger partial charge in [-0.2, -0.15) is 0 Å². The largest absolute Gasteiger partial charge is 0.361 e. The summed E-state index contributed by atoms with van der Waals surface area (Å²) in [7, 11) is -3.32. The van der Waals surface area contributed by atoms with Crippen molar-refractivity contribution in [3.63, 3.8) is 0 Å². The lowest BCUT2D eigenvalue weighted by Gasteiger charge is -2.04. The van der Waals surface area contributed by atoms with E-state index < -0.39 is 9.84 Å². The zero-order valence-corrected chi connectivity index (χ0v) is 12.9. The van der Waals surface area contributed by atoms with E-state index in [-0.39, 0.29) is 5.75 Å². The van der Waals surface area contributed by atoms with E-state index in [1.165, 1.54) is 0 Å². The zero-order valence-electron chi connectivity index (χ0n) is 12.1. The van der Waals surface area contributed by atoms with Crippen LogP contribution in [0.3, 0.4) is 0 Å². The lowest BCUT2D eigenvalue weighted by molar-refractivity contribution is 0.595. The maximum absolute atomic E-state index is 12.5. The highest BCUT2D eigenvalue weighted by atomic mass is 32.2. The first-order chi connectivity index (χ1) is 9.97. The Kier molecular flexibility index (Phi) is 3.33. The number of H-pyrrole nitrogens is 1. The van der Waals surface area contributed by atoms with Gasteiger partial charge in [-0.3, -0.25) is 0 Å². The quantitative estimate of drug-likeness (QED) is 0.800. The van der Waals surface area contributed by atoms with Crippen LogP contribution < -0.4 is 0 Å². The smallest absolute Gasteiger partial charge is 0.182 e. The SMILES string of the molecule is Cc1ccc(S(=O)(=O)Cc2c[nH]c3c(C)cccc23)cc1. The summed E-state index contributed by atoms with van der Waals surface area (Å²) in [5.74, 6) is 0.0134. The third kappa shape index (κ3) is 2.59. The van der Waals surface area contributed by atoms with Crippen molar-refractivity contribution < 1.29 is 8.42 Å². The zero-order chi connectivity index (χ0) is 15.0. The van der Waals surface area contributed by atoms with Gasteiger partial charge in [0.25, 0.3) is 0 Å². The van der Waals surface area contributed by atoms with E-state index in [1.807, 2.05) is 44.2 Å². The van der Waals surface area contributed by atoms with Crippen LogP contribution in [0.5, 0.6) is 0 Å². The minimum absolute atomic E-state index is 0.0134. The van der Waals surface area contributed by atoms with Crippen molar-refractivity contribution in [2.45, 2.75) is 24.5 Å². The van der Waals surface area contributed by atoms with Crippen LogP contribution in [0.15, 0.2) is 53.6 Å². The van der Waals surface area contributed by atoms with E-state index in [4.69, 9.17) is 0 Å². The molecule has 0 saturated heterocycles. The molecule has 3 nitrogen and oxygen atoms in total. The van der Waals surface area contributed by atoms with Gasteiger partial charge in [0, 0.05) is 17.1 Å². The molecule has 21 heavy (non-hydrogen) atoms. The van der Waals surface area contributed by atoms with Crippen molar-refractivity contribution in [3.8, 4) is 0 Å². The summed E-state index contributed by atoms with van der Waals surface area (Å²) in [6.07, 6.45) is 1.80. The number of nitrogens with one attached hydrogen (secondary N) is 1. The van der Waals surface area contributed by atoms with Gasteiger partial charge in [0.05, 0.1) is 10.6 Å². The number of aromatic nitrogens is 1. The molecule has 0 amide bonds. The maximum Gasteiger partial charge on any atom is 0.182 e. The van der Waals surface area contributed by atoms with Crippen molar-refractivity contribution in [2.75, 3.05) is 0 Å². The number of benzene rings is 2.